The number of rotatable bonds is 6. The van der Waals surface area contributed by atoms with E-state index in [0.717, 1.165) is 0 Å². The van der Waals surface area contributed by atoms with Gasteiger partial charge in [0, 0.05) is 6.42 Å². The molecule has 0 spiro atoms. The number of aliphatic carboxylic acids is 1. The highest BCUT2D eigenvalue weighted by atomic mass is 19.4. The van der Waals surface area contributed by atoms with E-state index in [9.17, 15) is 22.8 Å². The number of alkyl halides is 3. The number of carbonyl (C=O) groups excluding carboxylic acids is 1. The first-order valence-electron chi connectivity index (χ1n) is 7.36. The van der Waals surface area contributed by atoms with Crippen LogP contribution in [0.5, 0.6) is 0 Å². The summed E-state index contributed by atoms with van der Waals surface area (Å²) in [6, 6.07) is 8.29. The molecule has 0 radical (unpaired) electrons. The summed E-state index contributed by atoms with van der Waals surface area (Å²) in [4.78, 5) is 22.4. The fourth-order valence-corrected chi connectivity index (χ4v) is 1.80. The topological polar surface area (TPSA) is 83.8 Å². The molecule has 0 heterocycles. The Labute approximate surface area is 142 Å². The molecule has 0 saturated heterocycles. The van der Waals surface area contributed by atoms with Crippen LogP contribution in [-0.4, -0.2) is 40.0 Å². The van der Waals surface area contributed by atoms with Crippen molar-refractivity contribution in [2.75, 3.05) is 0 Å². The van der Waals surface area contributed by atoms with Crippen LogP contribution in [0, 0.1) is 11.8 Å². The quantitative estimate of drug-likeness (QED) is 0.464. The molecule has 0 fully saturated rings. The third-order valence-corrected chi connectivity index (χ3v) is 3.22. The third-order valence-electron chi connectivity index (χ3n) is 3.22. The molecule has 1 aromatic carbocycles. The van der Waals surface area contributed by atoms with Crippen LogP contribution in [0.2, 0.25) is 0 Å². The summed E-state index contributed by atoms with van der Waals surface area (Å²) in [5.74, 6) is 0.371. The van der Waals surface area contributed by atoms with Gasteiger partial charge in [-0.15, -0.1) is 0 Å². The van der Waals surface area contributed by atoms with E-state index in [1.165, 1.54) is 5.92 Å². The van der Waals surface area contributed by atoms with Gasteiger partial charge in [0.2, 0.25) is 0 Å². The molecule has 136 valence electrons. The SMILES string of the molecule is C[C@H](CCCC#C[C@@](O)(C(=O)O)C(F)(F)F)OC(=O)c1ccccc1. The molecule has 2 N–H and O–H groups in total. The Hall–Kier alpha value is -2.53. The van der Waals surface area contributed by atoms with E-state index in [-0.39, 0.29) is 12.8 Å². The van der Waals surface area contributed by atoms with Gasteiger partial charge in [-0.25, -0.2) is 9.59 Å². The number of carboxylic acid groups (broad SMARTS) is 1. The van der Waals surface area contributed by atoms with Crippen molar-refractivity contribution in [1.29, 1.82) is 0 Å². The van der Waals surface area contributed by atoms with Crippen molar-refractivity contribution in [3.63, 3.8) is 0 Å². The first-order valence-corrected chi connectivity index (χ1v) is 7.36. The van der Waals surface area contributed by atoms with Crippen molar-refractivity contribution in [1.82, 2.24) is 0 Å². The number of halogens is 3. The number of hydrogen-bond acceptors (Lipinski definition) is 4. The lowest BCUT2D eigenvalue weighted by atomic mass is 10.0. The second-order valence-corrected chi connectivity index (χ2v) is 5.29. The van der Waals surface area contributed by atoms with Gasteiger partial charge in [-0.2, -0.15) is 13.2 Å². The lowest BCUT2D eigenvalue weighted by Crippen LogP contribution is -2.50. The van der Waals surface area contributed by atoms with Gasteiger partial charge in [0.15, 0.2) is 0 Å². The lowest BCUT2D eigenvalue weighted by molar-refractivity contribution is -0.239. The molecule has 25 heavy (non-hydrogen) atoms. The molecule has 2 atom stereocenters. The molecule has 1 aromatic rings. The minimum atomic E-state index is -5.40. The van der Waals surface area contributed by atoms with Crippen LogP contribution in [0.15, 0.2) is 30.3 Å². The number of hydrogen-bond donors (Lipinski definition) is 2. The Kier molecular flexibility index (Phi) is 7.00. The van der Waals surface area contributed by atoms with E-state index in [1.807, 2.05) is 5.92 Å². The average molecular weight is 358 g/mol. The number of aliphatic hydroxyl groups is 1. The normalized spacial score (nSPS) is 14.6. The number of carbonyl (C=O) groups is 2. The van der Waals surface area contributed by atoms with Crippen molar-refractivity contribution < 1.29 is 37.7 Å². The molecule has 0 aliphatic carbocycles. The Morgan fingerprint density at radius 2 is 1.84 bits per heavy atom. The van der Waals surface area contributed by atoms with Crippen LogP contribution in [0.3, 0.4) is 0 Å². The Bertz CT molecular complexity index is 660. The highest BCUT2D eigenvalue weighted by molar-refractivity contribution is 5.89. The van der Waals surface area contributed by atoms with Crippen LogP contribution < -0.4 is 0 Å². The largest absolute Gasteiger partial charge is 0.478 e. The van der Waals surface area contributed by atoms with E-state index in [4.69, 9.17) is 14.9 Å². The Morgan fingerprint density at radius 3 is 2.36 bits per heavy atom. The van der Waals surface area contributed by atoms with Gasteiger partial charge in [-0.1, -0.05) is 24.1 Å². The van der Waals surface area contributed by atoms with Gasteiger partial charge < -0.3 is 14.9 Å². The molecule has 0 saturated carbocycles. The number of ether oxygens (including phenoxy) is 1. The minimum Gasteiger partial charge on any atom is -0.478 e. The third kappa shape index (κ3) is 5.80. The van der Waals surface area contributed by atoms with Crippen molar-refractivity contribution in [2.45, 2.75) is 44.1 Å². The summed E-state index contributed by atoms with van der Waals surface area (Å²) in [6.07, 6.45) is -5.38. The number of carboxylic acids is 1. The monoisotopic (exact) mass is 358 g/mol. The molecular formula is C17H17F3O5. The fourth-order valence-electron chi connectivity index (χ4n) is 1.80. The fraction of sp³-hybridized carbons (Fsp3) is 0.412. The smallest absolute Gasteiger partial charge is 0.440 e. The van der Waals surface area contributed by atoms with Crippen molar-refractivity contribution >= 4 is 11.9 Å². The summed E-state index contributed by atoms with van der Waals surface area (Å²) in [5, 5.41) is 17.6. The molecule has 0 amide bonds. The molecule has 0 unspecified atom stereocenters. The molecule has 0 aliphatic rings. The van der Waals surface area contributed by atoms with Crippen LogP contribution in [0.25, 0.3) is 0 Å². The maximum absolute atomic E-state index is 12.5. The van der Waals surface area contributed by atoms with Crippen LogP contribution in [-0.2, 0) is 9.53 Å². The Balaban J connectivity index is 2.48. The summed E-state index contributed by atoms with van der Waals surface area (Å²) >= 11 is 0. The summed E-state index contributed by atoms with van der Waals surface area (Å²) < 4.78 is 42.7. The number of benzene rings is 1. The van der Waals surface area contributed by atoms with Gasteiger partial charge in [-0.3, -0.25) is 0 Å². The molecule has 0 aliphatic heterocycles. The van der Waals surface area contributed by atoms with Crippen LogP contribution >= 0.6 is 0 Å². The van der Waals surface area contributed by atoms with Crippen LogP contribution in [0.4, 0.5) is 13.2 Å². The zero-order valence-corrected chi connectivity index (χ0v) is 13.3. The maximum atomic E-state index is 12.5. The predicted octanol–water partition coefficient (Wildman–Crippen LogP) is 2.78. The highest BCUT2D eigenvalue weighted by Crippen LogP contribution is 2.30. The molecule has 0 aromatic heterocycles. The van der Waals surface area contributed by atoms with E-state index >= 15 is 0 Å². The maximum Gasteiger partial charge on any atom is 0.440 e. The van der Waals surface area contributed by atoms with Crippen molar-refractivity contribution in [2.24, 2.45) is 0 Å². The second-order valence-electron chi connectivity index (χ2n) is 5.29. The van der Waals surface area contributed by atoms with Gasteiger partial charge >= 0.3 is 23.7 Å². The van der Waals surface area contributed by atoms with E-state index in [2.05, 4.69) is 0 Å². The lowest BCUT2D eigenvalue weighted by Gasteiger charge is -2.19. The Morgan fingerprint density at radius 1 is 1.24 bits per heavy atom. The molecular weight excluding hydrogens is 341 g/mol. The molecule has 8 heteroatoms. The van der Waals surface area contributed by atoms with E-state index in [1.54, 1.807) is 37.3 Å². The van der Waals surface area contributed by atoms with Crippen molar-refractivity contribution in [3.05, 3.63) is 35.9 Å². The molecule has 0 bridgehead atoms. The zero-order valence-electron chi connectivity index (χ0n) is 13.3. The number of unbranched alkanes of at least 4 members (excludes halogenated alkanes) is 1. The van der Waals surface area contributed by atoms with Gasteiger partial charge in [-0.05, 0) is 37.8 Å². The van der Waals surface area contributed by atoms with E-state index < -0.39 is 29.8 Å². The number of esters is 1. The minimum absolute atomic E-state index is 0.0844. The average Bonchev–Trinajstić information content (AvgIpc) is 2.53. The highest BCUT2D eigenvalue weighted by Gasteiger charge is 2.59. The first kappa shape index (κ1) is 20.5. The summed E-state index contributed by atoms with van der Waals surface area (Å²) in [6.45, 7) is 1.62. The van der Waals surface area contributed by atoms with Gasteiger partial charge in [0.25, 0.3) is 0 Å². The second kappa shape index (κ2) is 8.53. The standard InChI is InChI=1S/C17H17F3O5/c1-12(25-14(21)13-9-5-2-6-10-13)8-4-3-7-11-16(24,15(22)23)17(18,19)20/h2,5-6,9-10,12,24H,3-4,8H2,1H3,(H,22,23)/t12-,16-/m1/s1. The predicted molar refractivity (Wildman–Crippen MR) is 81.6 cm³/mol. The van der Waals surface area contributed by atoms with E-state index in [0.29, 0.717) is 12.0 Å². The zero-order chi connectivity index (χ0) is 19.1. The van der Waals surface area contributed by atoms with Crippen LogP contribution in [0.1, 0.15) is 36.5 Å². The van der Waals surface area contributed by atoms with Gasteiger partial charge in [0.05, 0.1) is 11.7 Å². The summed E-state index contributed by atoms with van der Waals surface area (Å²) in [7, 11) is 0. The van der Waals surface area contributed by atoms with Crippen molar-refractivity contribution in [3.8, 4) is 11.8 Å². The van der Waals surface area contributed by atoms with Gasteiger partial charge in [0.1, 0.15) is 0 Å². The first-order chi connectivity index (χ1) is 11.6. The molecule has 1 rings (SSSR count). The summed E-state index contributed by atoms with van der Waals surface area (Å²) in [5.41, 5.74) is -3.70. The molecule has 5 nitrogen and oxygen atoms in total.